The fraction of sp³-hybridized carbons (Fsp3) is 0.562. The van der Waals surface area contributed by atoms with Crippen LogP contribution in [0.5, 0.6) is 11.5 Å². The summed E-state index contributed by atoms with van der Waals surface area (Å²) in [5, 5.41) is 0. The summed E-state index contributed by atoms with van der Waals surface area (Å²) >= 11 is 0. The van der Waals surface area contributed by atoms with Crippen molar-refractivity contribution in [3.05, 3.63) is 23.8 Å². The Kier molecular flexibility index (Phi) is 5.07. The van der Waals surface area contributed by atoms with E-state index in [1.54, 1.807) is 7.11 Å². The van der Waals surface area contributed by atoms with Crippen LogP contribution in [0.1, 0.15) is 18.9 Å². The normalized spacial score (nSPS) is 21.4. The number of likely N-dealkylation sites (tertiary alicyclic amines) is 1. The molecule has 2 unspecified atom stereocenters. The number of benzene rings is 1. The van der Waals surface area contributed by atoms with Gasteiger partial charge in [-0.3, -0.25) is 4.79 Å². The minimum Gasteiger partial charge on any atom is -0.493 e. The van der Waals surface area contributed by atoms with Gasteiger partial charge in [-0.05, 0) is 50.4 Å². The van der Waals surface area contributed by atoms with E-state index < -0.39 is 0 Å². The molecule has 2 N–H and O–H groups in total. The van der Waals surface area contributed by atoms with Crippen LogP contribution in [-0.2, 0) is 4.79 Å². The third-order valence-corrected chi connectivity index (χ3v) is 3.99. The first-order chi connectivity index (χ1) is 10.0. The fourth-order valence-electron chi connectivity index (χ4n) is 2.78. The van der Waals surface area contributed by atoms with Crippen LogP contribution in [0.2, 0.25) is 0 Å². The Morgan fingerprint density at radius 1 is 1.43 bits per heavy atom. The van der Waals surface area contributed by atoms with Crippen LogP contribution in [0.25, 0.3) is 0 Å². The molecule has 2 atom stereocenters. The van der Waals surface area contributed by atoms with Crippen LogP contribution < -0.4 is 15.2 Å². The van der Waals surface area contributed by atoms with Gasteiger partial charge in [0.25, 0.3) is 5.91 Å². The highest BCUT2D eigenvalue weighted by Crippen LogP contribution is 2.28. The second kappa shape index (κ2) is 6.80. The van der Waals surface area contributed by atoms with E-state index in [0.29, 0.717) is 24.0 Å². The van der Waals surface area contributed by atoms with Gasteiger partial charge in [0.1, 0.15) is 0 Å². The number of aryl methyl sites for hydroxylation is 1. The third-order valence-electron chi connectivity index (χ3n) is 3.99. The van der Waals surface area contributed by atoms with Crippen LogP contribution in [0.4, 0.5) is 0 Å². The lowest BCUT2D eigenvalue weighted by Crippen LogP contribution is -2.37. The van der Waals surface area contributed by atoms with E-state index in [0.717, 1.165) is 18.5 Å². The van der Waals surface area contributed by atoms with E-state index in [-0.39, 0.29) is 18.6 Å². The summed E-state index contributed by atoms with van der Waals surface area (Å²) in [5.41, 5.74) is 6.78. The van der Waals surface area contributed by atoms with Crippen LogP contribution in [0.3, 0.4) is 0 Å². The summed E-state index contributed by atoms with van der Waals surface area (Å²) in [6.45, 7) is 5.42. The molecule has 0 aliphatic carbocycles. The molecule has 0 aromatic heterocycles. The maximum Gasteiger partial charge on any atom is 0.260 e. The molecule has 1 aromatic rings. The number of rotatable bonds is 5. The van der Waals surface area contributed by atoms with Crippen molar-refractivity contribution in [2.24, 2.45) is 11.7 Å². The summed E-state index contributed by atoms with van der Waals surface area (Å²) < 4.78 is 10.9. The molecule has 21 heavy (non-hydrogen) atoms. The van der Waals surface area contributed by atoms with E-state index in [4.69, 9.17) is 15.2 Å². The molecule has 0 spiro atoms. The van der Waals surface area contributed by atoms with E-state index in [1.807, 2.05) is 30.0 Å². The average molecular weight is 292 g/mol. The zero-order chi connectivity index (χ0) is 15.4. The van der Waals surface area contributed by atoms with Gasteiger partial charge >= 0.3 is 0 Å². The molecular formula is C16H24N2O3. The Balaban J connectivity index is 1.95. The average Bonchev–Trinajstić information content (AvgIpc) is 2.86. The highest BCUT2D eigenvalue weighted by Gasteiger charge is 2.31. The Morgan fingerprint density at radius 3 is 2.81 bits per heavy atom. The predicted molar refractivity (Wildman–Crippen MR) is 81.6 cm³/mol. The van der Waals surface area contributed by atoms with Crippen molar-refractivity contribution in [3.8, 4) is 11.5 Å². The SMILES string of the molecule is COc1cc(C)ccc1OCC(=O)N1CC(CN)CC1C. The maximum atomic E-state index is 12.3. The number of nitrogens with two attached hydrogens (primary N) is 1. The molecule has 1 heterocycles. The highest BCUT2D eigenvalue weighted by atomic mass is 16.5. The van der Waals surface area contributed by atoms with Gasteiger partial charge in [-0.2, -0.15) is 0 Å². The molecule has 0 bridgehead atoms. The molecule has 1 aliphatic heterocycles. The van der Waals surface area contributed by atoms with Gasteiger partial charge in [0.2, 0.25) is 0 Å². The molecule has 0 radical (unpaired) electrons. The first kappa shape index (κ1) is 15.6. The lowest BCUT2D eigenvalue weighted by Gasteiger charge is -2.22. The summed E-state index contributed by atoms with van der Waals surface area (Å²) in [7, 11) is 1.60. The number of ether oxygens (including phenoxy) is 2. The zero-order valence-electron chi connectivity index (χ0n) is 13.0. The summed E-state index contributed by atoms with van der Waals surface area (Å²) in [4.78, 5) is 14.1. The van der Waals surface area contributed by atoms with Gasteiger partial charge in [-0.25, -0.2) is 0 Å². The Bertz CT molecular complexity index is 504. The number of hydrogen-bond acceptors (Lipinski definition) is 4. The minimum atomic E-state index is 0.000998. The van der Waals surface area contributed by atoms with Gasteiger partial charge in [0, 0.05) is 12.6 Å². The van der Waals surface area contributed by atoms with Crippen molar-refractivity contribution in [2.45, 2.75) is 26.3 Å². The summed E-state index contributed by atoms with van der Waals surface area (Å²) in [6.07, 6.45) is 0.968. The summed E-state index contributed by atoms with van der Waals surface area (Å²) in [6, 6.07) is 5.89. The number of carbonyl (C=O) groups excluding carboxylic acids is 1. The van der Waals surface area contributed by atoms with Crippen molar-refractivity contribution in [2.75, 3.05) is 26.8 Å². The van der Waals surface area contributed by atoms with Gasteiger partial charge in [0.15, 0.2) is 18.1 Å². The van der Waals surface area contributed by atoms with E-state index >= 15 is 0 Å². The van der Waals surface area contributed by atoms with Crippen LogP contribution in [0.15, 0.2) is 18.2 Å². The molecule has 116 valence electrons. The molecule has 1 fully saturated rings. The zero-order valence-corrected chi connectivity index (χ0v) is 13.0. The predicted octanol–water partition coefficient (Wildman–Crippen LogP) is 1.58. The van der Waals surface area contributed by atoms with Crippen LogP contribution in [-0.4, -0.2) is 43.7 Å². The number of hydrogen-bond donors (Lipinski definition) is 1. The molecule has 1 aliphatic rings. The van der Waals surface area contributed by atoms with Crippen LogP contribution >= 0.6 is 0 Å². The second-order valence-electron chi connectivity index (χ2n) is 5.68. The quantitative estimate of drug-likeness (QED) is 0.895. The third kappa shape index (κ3) is 3.67. The first-order valence-electron chi connectivity index (χ1n) is 7.32. The van der Waals surface area contributed by atoms with E-state index in [2.05, 4.69) is 6.92 Å². The monoisotopic (exact) mass is 292 g/mol. The van der Waals surface area contributed by atoms with Gasteiger partial charge < -0.3 is 20.1 Å². The Morgan fingerprint density at radius 2 is 2.19 bits per heavy atom. The highest BCUT2D eigenvalue weighted by molar-refractivity contribution is 5.78. The van der Waals surface area contributed by atoms with Crippen molar-refractivity contribution >= 4 is 5.91 Å². The molecule has 2 rings (SSSR count). The van der Waals surface area contributed by atoms with Gasteiger partial charge in [0.05, 0.1) is 7.11 Å². The molecular weight excluding hydrogens is 268 g/mol. The van der Waals surface area contributed by atoms with Gasteiger partial charge in [-0.1, -0.05) is 6.07 Å². The molecule has 5 nitrogen and oxygen atoms in total. The molecule has 1 amide bonds. The van der Waals surface area contributed by atoms with E-state index in [9.17, 15) is 4.79 Å². The van der Waals surface area contributed by atoms with E-state index in [1.165, 1.54) is 0 Å². The van der Waals surface area contributed by atoms with Crippen molar-refractivity contribution in [3.63, 3.8) is 0 Å². The number of carbonyl (C=O) groups is 1. The second-order valence-corrected chi connectivity index (χ2v) is 5.68. The van der Waals surface area contributed by atoms with Crippen molar-refractivity contribution in [1.82, 2.24) is 4.90 Å². The summed E-state index contributed by atoms with van der Waals surface area (Å²) in [5.74, 6) is 1.65. The standard InChI is InChI=1S/C16H24N2O3/c1-11-4-5-14(15(6-11)20-3)21-10-16(19)18-9-13(8-17)7-12(18)2/h4-6,12-13H,7-10,17H2,1-3H3. The lowest BCUT2D eigenvalue weighted by molar-refractivity contribution is -0.134. The molecule has 0 saturated carbocycles. The molecule has 1 aromatic carbocycles. The number of methoxy groups -OCH3 is 1. The Labute approximate surface area is 126 Å². The lowest BCUT2D eigenvalue weighted by atomic mass is 10.1. The molecule has 1 saturated heterocycles. The Hall–Kier alpha value is -1.75. The smallest absolute Gasteiger partial charge is 0.260 e. The fourth-order valence-corrected chi connectivity index (χ4v) is 2.78. The maximum absolute atomic E-state index is 12.3. The first-order valence-corrected chi connectivity index (χ1v) is 7.32. The molecule has 5 heteroatoms. The number of amides is 1. The van der Waals surface area contributed by atoms with Crippen LogP contribution in [0, 0.1) is 12.8 Å². The topological polar surface area (TPSA) is 64.8 Å². The number of nitrogens with zero attached hydrogens (tertiary/aromatic N) is 1. The van der Waals surface area contributed by atoms with Gasteiger partial charge in [-0.15, -0.1) is 0 Å². The van der Waals surface area contributed by atoms with Crippen molar-refractivity contribution in [1.29, 1.82) is 0 Å². The largest absolute Gasteiger partial charge is 0.493 e. The minimum absolute atomic E-state index is 0.000998. The van der Waals surface area contributed by atoms with Crippen molar-refractivity contribution < 1.29 is 14.3 Å².